The van der Waals surface area contributed by atoms with Crippen molar-refractivity contribution in [1.29, 1.82) is 0 Å². The monoisotopic (exact) mass is 471 g/mol. The molecule has 10 heteroatoms. The van der Waals surface area contributed by atoms with E-state index >= 15 is 0 Å². The van der Waals surface area contributed by atoms with Gasteiger partial charge in [0.15, 0.2) is 12.4 Å². The fourth-order valence-electron chi connectivity index (χ4n) is 3.46. The first-order valence-corrected chi connectivity index (χ1v) is 12.1. The summed E-state index contributed by atoms with van der Waals surface area (Å²) in [7, 11) is -3.69. The molecule has 1 saturated heterocycles. The van der Waals surface area contributed by atoms with Crippen LogP contribution in [0.3, 0.4) is 0 Å². The van der Waals surface area contributed by atoms with E-state index in [4.69, 9.17) is 14.0 Å². The zero-order valence-corrected chi connectivity index (χ0v) is 19.0. The summed E-state index contributed by atoms with van der Waals surface area (Å²) in [6.45, 7) is 2.34. The van der Waals surface area contributed by atoms with Crippen LogP contribution in [0.25, 0.3) is 0 Å². The number of carbonyl (C=O) groups excluding carboxylic acids is 1. The smallest absolute Gasteiger partial charge is 0.262 e. The second kappa shape index (κ2) is 10.1. The van der Waals surface area contributed by atoms with Crippen molar-refractivity contribution in [3.05, 3.63) is 60.4 Å². The number of aryl methyl sites for hydroxylation is 1. The van der Waals surface area contributed by atoms with Crippen LogP contribution in [-0.2, 0) is 14.8 Å². The number of nitrogens with one attached hydrogen (secondary N) is 1. The average molecular weight is 472 g/mol. The zero-order chi connectivity index (χ0) is 23.3. The molecular weight excluding hydrogens is 446 g/mol. The number of rotatable bonds is 8. The fraction of sp³-hybridized carbons (Fsp3) is 0.304. The quantitative estimate of drug-likeness (QED) is 0.529. The summed E-state index contributed by atoms with van der Waals surface area (Å²) in [6, 6.07) is 15.0. The highest BCUT2D eigenvalue weighted by Crippen LogP contribution is 2.33. The van der Waals surface area contributed by atoms with Gasteiger partial charge in [0.25, 0.3) is 11.8 Å². The van der Waals surface area contributed by atoms with Crippen molar-refractivity contribution in [1.82, 2.24) is 9.46 Å². The maximum atomic E-state index is 13.1. The number of ether oxygens (including phenoxy) is 2. The number of hydrogen-bond acceptors (Lipinski definition) is 7. The highest BCUT2D eigenvalue weighted by Gasteiger charge is 2.27. The minimum atomic E-state index is -3.69. The van der Waals surface area contributed by atoms with Gasteiger partial charge in [-0.25, -0.2) is 8.42 Å². The molecule has 0 saturated carbocycles. The van der Waals surface area contributed by atoms with E-state index in [0.29, 0.717) is 30.3 Å². The van der Waals surface area contributed by atoms with Crippen LogP contribution < -0.4 is 14.8 Å². The van der Waals surface area contributed by atoms with E-state index in [2.05, 4.69) is 10.5 Å². The van der Waals surface area contributed by atoms with Gasteiger partial charge < -0.3 is 19.3 Å². The minimum absolute atomic E-state index is 0.0909. The molecule has 0 aliphatic carbocycles. The van der Waals surface area contributed by atoms with Crippen LogP contribution in [0.4, 0.5) is 5.69 Å². The first kappa shape index (κ1) is 22.8. The summed E-state index contributed by atoms with van der Waals surface area (Å²) in [5.41, 5.74) is 0.224. The number of amides is 1. The number of aromatic nitrogens is 1. The van der Waals surface area contributed by atoms with E-state index in [1.807, 2.05) is 18.2 Å². The molecule has 0 bridgehead atoms. The molecule has 4 rings (SSSR count). The van der Waals surface area contributed by atoms with Gasteiger partial charge in [0, 0.05) is 19.2 Å². The summed E-state index contributed by atoms with van der Waals surface area (Å²) in [5.74, 6) is 1.10. The second-order valence-electron chi connectivity index (χ2n) is 7.65. The number of para-hydroxylation sites is 1. The van der Waals surface area contributed by atoms with Gasteiger partial charge in [-0.15, -0.1) is 0 Å². The highest BCUT2D eigenvalue weighted by atomic mass is 32.2. The minimum Gasteiger partial charge on any atom is -0.465 e. The lowest BCUT2D eigenvalue weighted by atomic mass is 10.2. The molecule has 0 atom stereocenters. The number of anilines is 1. The largest absolute Gasteiger partial charge is 0.465 e. The molecule has 9 nitrogen and oxygen atoms in total. The van der Waals surface area contributed by atoms with Crippen LogP contribution in [0.15, 0.2) is 64.0 Å². The highest BCUT2D eigenvalue weighted by molar-refractivity contribution is 7.89. The Kier molecular flexibility index (Phi) is 6.95. The Labute approximate surface area is 192 Å². The van der Waals surface area contributed by atoms with Gasteiger partial charge in [0.1, 0.15) is 11.5 Å². The van der Waals surface area contributed by atoms with Crippen molar-refractivity contribution < 1.29 is 27.2 Å². The fourth-order valence-corrected chi connectivity index (χ4v) is 5.01. The number of nitrogens with zero attached hydrogens (tertiary/aromatic N) is 2. The lowest BCUT2D eigenvalue weighted by Crippen LogP contribution is -2.35. The van der Waals surface area contributed by atoms with E-state index in [9.17, 15) is 13.2 Å². The van der Waals surface area contributed by atoms with Crippen molar-refractivity contribution in [3.8, 4) is 17.4 Å². The third-order valence-electron chi connectivity index (χ3n) is 5.11. The summed E-state index contributed by atoms with van der Waals surface area (Å²) in [6.07, 6.45) is 2.68. The van der Waals surface area contributed by atoms with Gasteiger partial charge >= 0.3 is 0 Å². The number of benzene rings is 2. The van der Waals surface area contributed by atoms with Crippen molar-refractivity contribution in [2.45, 2.75) is 31.1 Å². The third kappa shape index (κ3) is 5.71. The van der Waals surface area contributed by atoms with E-state index in [1.165, 1.54) is 16.4 Å². The van der Waals surface area contributed by atoms with Crippen LogP contribution in [-0.4, -0.2) is 43.5 Å². The van der Waals surface area contributed by atoms with Crippen molar-refractivity contribution in [2.24, 2.45) is 0 Å². The predicted molar refractivity (Wildman–Crippen MR) is 121 cm³/mol. The van der Waals surface area contributed by atoms with Gasteiger partial charge in [-0.05, 0) is 55.3 Å². The van der Waals surface area contributed by atoms with E-state index in [-0.39, 0.29) is 23.1 Å². The Morgan fingerprint density at radius 3 is 2.55 bits per heavy atom. The SMILES string of the molecule is Cc1cc(OCC(=O)Nc2cc(S(=O)(=O)N3CCCCC3)ccc2Oc2ccccc2)no1. The molecule has 0 spiro atoms. The molecule has 33 heavy (non-hydrogen) atoms. The van der Waals surface area contributed by atoms with E-state index in [1.54, 1.807) is 31.2 Å². The molecule has 1 aromatic heterocycles. The molecule has 0 unspecified atom stereocenters. The molecule has 2 aromatic carbocycles. The molecule has 1 amide bonds. The predicted octanol–water partition coefficient (Wildman–Crippen LogP) is 3.97. The molecule has 0 radical (unpaired) electrons. The summed E-state index contributed by atoms with van der Waals surface area (Å²) in [5, 5.41) is 6.37. The number of hydrogen-bond donors (Lipinski definition) is 1. The van der Waals surface area contributed by atoms with E-state index in [0.717, 1.165) is 19.3 Å². The standard InChI is InChI=1S/C23H25N3O6S/c1-17-14-23(25-32-17)30-16-22(27)24-20-15-19(33(28,29)26-12-6-3-7-13-26)10-11-21(20)31-18-8-4-2-5-9-18/h2,4-5,8-11,14-15H,3,6-7,12-13,16H2,1H3,(H,24,27). The first-order valence-electron chi connectivity index (χ1n) is 10.6. The summed E-state index contributed by atoms with van der Waals surface area (Å²) >= 11 is 0. The lowest BCUT2D eigenvalue weighted by Gasteiger charge is -2.26. The maximum Gasteiger partial charge on any atom is 0.262 e. The Balaban J connectivity index is 1.57. The number of carbonyl (C=O) groups is 1. The number of piperidine rings is 1. The molecule has 1 fully saturated rings. The molecule has 1 aliphatic rings. The van der Waals surface area contributed by atoms with Gasteiger partial charge in [0.05, 0.1) is 10.6 Å². The maximum absolute atomic E-state index is 13.1. The Morgan fingerprint density at radius 1 is 1.09 bits per heavy atom. The van der Waals surface area contributed by atoms with Crippen molar-refractivity contribution >= 4 is 21.6 Å². The van der Waals surface area contributed by atoms with Crippen molar-refractivity contribution in [2.75, 3.05) is 25.0 Å². The molecule has 1 aliphatic heterocycles. The average Bonchev–Trinajstić information content (AvgIpc) is 3.25. The summed E-state index contributed by atoms with van der Waals surface area (Å²) in [4.78, 5) is 12.6. The molecule has 1 N–H and O–H groups in total. The summed E-state index contributed by atoms with van der Waals surface area (Å²) < 4.78 is 43.9. The van der Waals surface area contributed by atoms with Gasteiger partial charge in [0.2, 0.25) is 10.0 Å². The van der Waals surface area contributed by atoms with Crippen molar-refractivity contribution in [3.63, 3.8) is 0 Å². The van der Waals surface area contributed by atoms with Crippen LogP contribution >= 0.6 is 0 Å². The Morgan fingerprint density at radius 2 is 1.85 bits per heavy atom. The normalized spacial score (nSPS) is 14.6. The first-order chi connectivity index (χ1) is 15.9. The van der Waals surface area contributed by atoms with E-state index < -0.39 is 15.9 Å². The van der Waals surface area contributed by atoms with Gasteiger partial charge in [-0.2, -0.15) is 4.31 Å². The molecule has 3 aromatic rings. The third-order valence-corrected chi connectivity index (χ3v) is 7.00. The van der Waals surface area contributed by atoms with Crippen LogP contribution in [0.5, 0.6) is 17.4 Å². The van der Waals surface area contributed by atoms with Gasteiger partial charge in [-0.1, -0.05) is 24.6 Å². The second-order valence-corrected chi connectivity index (χ2v) is 9.59. The Bertz CT molecular complexity index is 1200. The zero-order valence-electron chi connectivity index (χ0n) is 18.2. The Hall–Kier alpha value is -3.37. The number of sulfonamides is 1. The lowest BCUT2D eigenvalue weighted by molar-refractivity contribution is -0.118. The molecule has 2 heterocycles. The molecule has 174 valence electrons. The molecular formula is C23H25N3O6S. The van der Waals surface area contributed by atoms with Crippen LogP contribution in [0.1, 0.15) is 25.0 Å². The van der Waals surface area contributed by atoms with Crippen LogP contribution in [0.2, 0.25) is 0 Å². The van der Waals surface area contributed by atoms with Gasteiger partial charge in [-0.3, -0.25) is 4.79 Å². The topological polar surface area (TPSA) is 111 Å². The van der Waals surface area contributed by atoms with Crippen LogP contribution in [0, 0.1) is 6.92 Å².